The zero-order valence-electron chi connectivity index (χ0n) is 14.3. The van der Waals surface area contributed by atoms with E-state index >= 15 is 0 Å². The maximum absolute atomic E-state index is 13.0. The van der Waals surface area contributed by atoms with E-state index in [9.17, 15) is 14.3 Å². The van der Waals surface area contributed by atoms with Crippen LogP contribution in [0.4, 0.5) is 9.18 Å². The number of amides is 2. The number of carbonyl (C=O) groups excluding carboxylic acids is 1. The molecule has 134 valence electrons. The van der Waals surface area contributed by atoms with E-state index < -0.39 is 6.10 Å². The van der Waals surface area contributed by atoms with Gasteiger partial charge in [0.05, 0.1) is 18.8 Å². The van der Waals surface area contributed by atoms with Gasteiger partial charge in [-0.1, -0.05) is 36.4 Å². The Balaban J connectivity index is 1.90. The molecule has 0 spiro atoms. The third-order valence-corrected chi connectivity index (χ3v) is 3.79. The first-order valence-corrected chi connectivity index (χ1v) is 8.07. The van der Waals surface area contributed by atoms with E-state index in [2.05, 4.69) is 10.6 Å². The van der Waals surface area contributed by atoms with Crippen molar-refractivity contribution < 1.29 is 19.0 Å². The Kier molecular flexibility index (Phi) is 6.91. The number of methoxy groups -OCH3 is 1. The Morgan fingerprint density at radius 1 is 1.12 bits per heavy atom. The first-order valence-electron chi connectivity index (χ1n) is 8.07. The fourth-order valence-electron chi connectivity index (χ4n) is 2.40. The summed E-state index contributed by atoms with van der Waals surface area (Å²) in [6.07, 6.45) is -0.735. The summed E-state index contributed by atoms with van der Waals surface area (Å²) < 4.78 is 17.8. The summed E-state index contributed by atoms with van der Waals surface area (Å²) in [5.41, 5.74) is 2.85. The van der Waals surface area contributed by atoms with E-state index in [0.29, 0.717) is 0 Å². The third kappa shape index (κ3) is 5.85. The molecular weight excluding hydrogens is 323 g/mol. The molecule has 0 heterocycles. The highest BCUT2D eigenvalue weighted by Gasteiger charge is 2.11. The topological polar surface area (TPSA) is 70.6 Å². The average molecular weight is 346 g/mol. The lowest BCUT2D eigenvalue weighted by molar-refractivity contribution is 0.0659. The first-order chi connectivity index (χ1) is 12.0. The molecule has 0 fully saturated rings. The lowest BCUT2D eigenvalue weighted by Crippen LogP contribution is -2.41. The first kappa shape index (κ1) is 18.9. The number of hydrogen-bond donors (Lipinski definition) is 3. The van der Waals surface area contributed by atoms with Crippen LogP contribution in [-0.2, 0) is 4.74 Å². The highest BCUT2D eigenvalue weighted by molar-refractivity contribution is 5.74. The summed E-state index contributed by atoms with van der Waals surface area (Å²) >= 11 is 0. The monoisotopic (exact) mass is 346 g/mol. The maximum Gasteiger partial charge on any atom is 0.315 e. The van der Waals surface area contributed by atoms with Crippen LogP contribution in [0.15, 0.2) is 48.5 Å². The van der Waals surface area contributed by atoms with Gasteiger partial charge in [-0.05, 0) is 35.7 Å². The van der Waals surface area contributed by atoms with E-state index in [0.717, 1.165) is 16.7 Å². The quantitative estimate of drug-likeness (QED) is 0.722. The second kappa shape index (κ2) is 9.15. The number of nitrogens with one attached hydrogen (secondary N) is 2. The highest BCUT2D eigenvalue weighted by Crippen LogP contribution is 2.22. The molecule has 2 aromatic rings. The molecule has 0 aromatic heterocycles. The van der Waals surface area contributed by atoms with Crippen molar-refractivity contribution in [3.8, 4) is 11.1 Å². The second-order valence-corrected chi connectivity index (χ2v) is 5.81. The van der Waals surface area contributed by atoms with Crippen LogP contribution in [0.5, 0.6) is 0 Å². The zero-order valence-corrected chi connectivity index (χ0v) is 14.3. The Labute approximate surface area is 146 Å². The smallest absolute Gasteiger partial charge is 0.315 e. The van der Waals surface area contributed by atoms with Crippen molar-refractivity contribution >= 4 is 6.03 Å². The number of halogens is 1. The molecule has 25 heavy (non-hydrogen) atoms. The van der Waals surface area contributed by atoms with E-state index in [4.69, 9.17) is 4.74 Å². The Morgan fingerprint density at radius 2 is 1.68 bits per heavy atom. The molecule has 3 N–H and O–H groups in total. The van der Waals surface area contributed by atoms with Crippen LogP contribution in [0.2, 0.25) is 0 Å². The summed E-state index contributed by atoms with van der Waals surface area (Å²) in [6.45, 7) is 2.16. The van der Waals surface area contributed by atoms with Gasteiger partial charge in [0.2, 0.25) is 0 Å². The van der Waals surface area contributed by atoms with E-state index in [1.807, 2.05) is 31.2 Å². The normalized spacial score (nSPS) is 13.1. The van der Waals surface area contributed by atoms with Crippen molar-refractivity contribution in [2.45, 2.75) is 19.1 Å². The van der Waals surface area contributed by atoms with Gasteiger partial charge < -0.3 is 20.5 Å². The Morgan fingerprint density at radius 3 is 2.24 bits per heavy atom. The van der Waals surface area contributed by atoms with Crippen molar-refractivity contribution in [2.24, 2.45) is 0 Å². The van der Waals surface area contributed by atoms with Gasteiger partial charge in [0, 0.05) is 13.7 Å². The number of ether oxygens (including phenoxy) is 1. The van der Waals surface area contributed by atoms with Crippen LogP contribution in [0.3, 0.4) is 0 Å². The van der Waals surface area contributed by atoms with Crippen molar-refractivity contribution in [3.63, 3.8) is 0 Å². The van der Waals surface area contributed by atoms with Gasteiger partial charge in [0.25, 0.3) is 0 Å². The molecule has 2 atom stereocenters. The molecule has 0 aliphatic heterocycles. The lowest BCUT2D eigenvalue weighted by Gasteiger charge is -2.17. The molecule has 2 amide bonds. The minimum atomic E-state index is -0.735. The molecule has 2 aromatic carbocycles. The highest BCUT2D eigenvalue weighted by atomic mass is 19.1. The minimum Gasteiger partial charge on any atom is -0.389 e. The van der Waals surface area contributed by atoms with Crippen LogP contribution in [-0.4, -0.2) is 37.5 Å². The minimum absolute atomic E-state index is 0.121. The molecule has 6 heteroatoms. The van der Waals surface area contributed by atoms with E-state index in [1.54, 1.807) is 12.1 Å². The Bertz CT molecular complexity index is 674. The van der Waals surface area contributed by atoms with Gasteiger partial charge in [0.1, 0.15) is 5.82 Å². The number of rotatable bonds is 7. The van der Waals surface area contributed by atoms with E-state index in [-0.39, 0.29) is 31.0 Å². The van der Waals surface area contributed by atoms with Gasteiger partial charge in [-0.15, -0.1) is 0 Å². The predicted octanol–water partition coefficient (Wildman–Crippen LogP) is 2.86. The van der Waals surface area contributed by atoms with Crippen molar-refractivity contribution in [1.82, 2.24) is 10.6 Å². The number of benzene rings is 2. The SMILES string of the molecule is COC[C@H](O)CNC(=O)N[C@H](C)c1ccc(-c2ccc(F)cc2)cc1. The van der Waals surface area contributed by atoms with Crippen LogP contribution in [0.25, 0.3) is 11.1 Å². The molecule has 0 radical (unpaired) electrons. The second-order valence-electron chi connectivity index (χ2n) is 5.81. The largest absolute Gasteiger partial charge is 0.389 e. The number of urea groups is 1. The third-order valence-electron chi connectivity index (χ3n) is 3.79. The van der Waals surface area contributed by atoms with Gasteiger partial charge in [0.15, 0.2) is 0 Å². The van der Waals surface area contributed by atoms with Gasteiger partial charge in [-0.3, -0.25) is 0 Å². The standard InChI is InChI=1S/C19H23FN2O3/c1-13(22-19(24)21-11-18(23)12-25-2)14-3-5-15(6-4-14)16-7-9-17(20)10-8-16/h3-10,13,18,23H,11-12H2,1-2H3,(H2,21,22,24)/t13-,18-/m1/s1. The number of carbonyl (C=O) groups is 1. The van der Waals surface area contributed by atoms with Gasteiger partial charge >= 0.3 is 6.03 Å². The molecule has 5 nitrogen and oxygen atoms in total. The average Bonchev–Trinajstić information content (AvgIpc) is 2.61. The molecular formula is C19H23FN2O3. The molecule has 2 rings (SSSR count). The van der Waals surface area contributed by atoms with Crippen molar-refractivity contribution in [2.75, 3.05) is 20.3 Å². The predicted molar refractivity (Wildman–Crippen MR) is 94.7 cm³/mol. The van der Waals surface area contributed by atoms with Gasteiger partial charge in [-0.2, -0.15) is 0 Å². The summed E-state index contributed by atoms with van der Waals surface area (Å²) in [7, 11) is 1.49. The summed E-state index contributed by atoms with van der Waals surface area (Å²) in [4.78, 5) is 11.8. The van der Waals surface area contributed by atoms with Gasteiger partial charge in [-0.25, -0.2) is 9.18 Å². The van der Waals surface area contributed by atoms with Crippen LogP contribution in [0, 0.1) is 5.82 Å². The van der Waals surface area contributed by atoms with Crippen LogP contribution >= 0.6 is 0 Å². The fourth-order valence-corrected chi connectivity index (χ4v) is 2.40. The number of hydrogen-bond acceptors (Lipinski definition) is 3. The van der Waals surface area contributed by atoms with E-state index in [1.165, 1.54) is 19.2 Å². The van der Waals surface area contributed by atoms with Crippen molar-refractivity contribution in [3.05, 3.63) is 59.9 Å². The molecule has 0 unspecified atom stereocenters. The van der Waals surface area contributed by atoms with Crippen LogP contribution in [0.1, 0.15) is 18.5 Å². The zero-order chi connectivity index (χ0) is 18.2. The summed E-state index contributed by atoms with van der Waals surface area (Å²) in [5.74, 6) is -0.264. The fraction of sp³-hybridized carbons (Fsp3) is 0.316. The Hall–Kier alpha value is -2.44. The maximum atomic E-state index is 13.0. The molecule has 0 saturated carbocycles. The lowest BCUT2D eigenvalue weighted by atomic mass is 10.0. The van der Waals surface area contributed by atoms with Crippen LogP contribution < -0.4 is 10.6 Å². The molecule has 0 bridgehead atoms. The molecule has 0 saturated heterocycles. The number of aliphatic hydroxyl groups excluding tert-OH is 1. The molecule has 0 aliphatic rings. The molecule has 0 aliphatic carbocycles. The van der Waals surface area contributed by atoms with Crippen molar-refractivity contribution in [1.29, 1.82) is 0 Å². The summed E-state index contributed by atoms with van der Waals surface area (Å²) in [6, 6.07) is 13.5. The number of aliphatic hydroxyl groups is 1. The summed E-state index contributed by atoms with van der Waals surface area (Å²) in [5, 5.41) is 14.9.